The minimum atomic E-state index is -0.764. The van der Waals surface area contributed by atoms with Crippen molar-refractivity contribution >= 4 is 34.4 Å². The molecule has 1 aromatic heterocycles. The van der Waals surface area contributed by atoms with Crippen LogP contribution < -0.4 is 10.6 Å². The van der Waals surface area contributed by atoms with Crippen molar-refractivity contribution in [1.29, 1.82) is 0 Å². The predicted molar refractivity (Wildman–Crippen MR) is 88.0 cm³/mol. The molecule has 24 heavy (non-hydrogen) atoms. The van der Waals surface area contributed by atoms with Crippen LogP contribution in [0.2, 0.25) is 0 Å². The number of carbonyl (C=O) groups is 3. The third kappa shape index (κ3) is 5.48. The lowest BCUT2D eigenvalue weighted by atomic mass is 9.86. The van der Waals surface area contributed by atoms with Crippen molar-refractivity contribution in [2.75, 3.05) is 12.4 Å². The maximum atomic E-state index is 12.0. The molecule has 0 unspecified atom stereocenters. The van der Waals surface area contributed by atoms with Gasteiger partial charge < -0.3 is 15.2 Å². The van der Waals surface area contributed by atoms with E-state index >= 15 is 0 Å². The van der Waals surface area contributed by atoms with E-state index < -0.39 is 5.97 Å². The van der Waals surface area contributed by atoms with Gasteiger partial charge in [-0.3, -0.25) is 14.9 Å². The number of rotatable bonds is 6. The van der Waals surface area contributed by atoms with Gasteiger partial charge in [-0.05, 0) is 25.7 Å². The molecule has 3 N–H and O–H groups in total. The summed E-state index contributed by atoms with van der Waals surface area (Å²) in [5, 5.41) is 16.7. The molecule has 2 rings (SSSR count). The number of thiazole rings is 1. The topological polar surface area (TPSA) is 118 Å². The molecule has 0 atom stereocenters. The van der Waals surface area contributed by atoms with Gasteiger partial charge >= 0.3 is 18.0 Å². The molecule has 132 valence electrons. The molecule has 1 heterocycles. The van der Waals surface area contributed by atoms with Gasteiger partial charge in [-0.2, -0.15) is 0 Å². The Labute approximate surface area is 143 Å². The Morgan fingerprint density at radius 1 is 1.33 bits per heavy atom. The van der Waals surface area contributed by atoms with E-state index in [9.17, 15) is 14.4 Å². The number of aliphatic carboxylic acids is 1. The second-order valence-electron chi connectivity index (χ2n) is 5.71. The van der Waals surface area contributed by atoms with Gasteiger partial charge in [-0.1, -0.05) is 0 Å². The summed E-state index contributed by atoms with van der Waals surface area (Å²) < 4.78 is 4.57. The van der Waals surface area contributed by atoms with Crippen LogP contribution in [0.5, 0.6) is 0 Å². The summed E-state index contributed by atoms with van der Waals surface area (Å²) in [4.78, 5) is 38.2. The summed E-state index contributed by atoms with van der Waals surface area (Å²) in [5.74, 6) is -1.37. The second-order valence-corrected chi connectivity index (χ2v) is 6.56. The zero-order chi connectivity index (χ0) is 17.5. The molecule has 1 aromatic rings. The molecule has 1 aliphatic carbocycles. The van der Waals surface area contributed by atoms with E-state index in [-0.39, 0.29) is 30.4 Å². The quantitative estimate of drug-likeness (QED) is 0.672. The van der Waals surface area contributed by atoms with Gasteiger partial charge in [0, 0.05) is 17.8 Å². The maximum Gasteiger partial charge on any atom is 0.321 e. The van der Waals surface area contributed by atoms with Gasteiger partial charge in [0.25, 0.3) is 0 Å². The number of carbonyl (C=O) groups excluding carboxylic acids is 2. The van der Waals surface area contributed by atoms with Crippen LogP contribution in [0, 0.1) is 5.92 Å². The van der Waals surface area contributed by atoms with E-state index in [1.54, 1.807) is 5.38 Å². The highest BCUT2D eigenvalue weighted by molar-refractivity contribution is 7.13. The summed E-state index contributed by atoms with van der Waals surface area (Å²) in [6.45, 7) is 0. The number of aromatic nitrogens is 1. The fraction of sp³-hybridized carbons (Fsp3) is 0.600. The zero-order valence-electron chi connectivity index (χ0n) is 13.4. The number of nitrogens with one attached hydrogen (secondary N) is 2. The minimum Gasteiger partial charge on any atom is -0.481 e. The average Bonchev–Trinajstić information content (AvgIpc) is 3.00. The van der Waals surface area contributed by atoms with Crippen LogP contribution in [0.25, 0.3) is 0 Å². The molecule has 1 saturated carbocycles. The van der Waals surface area contributed by atoms with Crippen LogP contribution in [-0.2, 0) is 20.7 Å². The molecule has 1 fully saturated rings. The lowest BCUT2D eigenvalue weighted by Gasteiger charge is -2.26. The molecule has 9 heteroatoms. The first-order chi connectivity index (χ1) is 11.5. The van der Waals surface area contributed by atoms with Gasteiger partial charge in [-0.25, -0.2) is 9.78 Å². The number of aryl methyl sites for hydroxylation is 1. The van der Waals surface area contributed by atoms with Gasteiger partial charge in [0.05, 0.1) is 25.1 Å². The largest absolute Gasteiger partial charge is 0.481 e. The molecule has 0 radical (unpaired) electrons. The Morgan fingerprint density at radius 2 is 2.04 bits per heavy atom. The molecular formula is C15H21N3O5S. The van der Waals surface area contributed by atoms with Gasteiger partial charge in [-0.15, -0.1) is 11.3 Å². The number of amides is 2. The van der Waals surface area contributed by atoms with Crippen LogP contribution in [0.1, 0.15) is 37.8 Å². The fourth-order valence-corrected chi connectivity index (χ4v) is 3.35. The van der Waals surface area contributed by atoms with Crippen LogP contribution in [0.3, 0.4) is 0 Å². The van der Waals surface area contributed by atoms with Crippen molar-refractivity contribution < 1.29 is 24.2 Å². The van der Waals surface area contributed by atoms with E-state index in [2.05, 4.69) is 20.4 Å². The van der Waals surface area contributed by atoms with Crippen molar-refractivity contribution in [3.63, 3.8) is 0 Å². The van der Waals surface area contributed by atoms with Gasteiger partial charge in [0.2, 0.25) is 0 Å². The minimum absolute atomic E-state index is 0.0145. The van der Waals surface area contributed by atoms with Crippen LogP contribution in [-0.4, -0.2) is 41.2 Å². The number of hydrogen-bond donors (Lipinski definition) is 3. The normalized spacial score (nSPS) is 20.2. The van der Waals surface area contributed by atoms with Crippen molar-refractivity contribution in [2.45, 2.75) is 44.6 Å². The molecule has 0 aliphatic heterocycles. The second kappa shape index (κ2) is 8.62. The summed E-state index contributed by atoms with van der Waals surface area (Å²) in [5.41, 5.74) is 0.725. The van der Waals surface area contributed by atoms with E-state index in [4.69, 9.17) is 5.11 Å². The predicted octanol–water partition coefficient (Wildman–Crippen LogP) is 2.01. The highest BCUT2D eigenvalue weighted by Crippen LogP contribution is 2.24. The lowest BCUT2D eigenvalue weighted by molar-refractivity contribution is -0.143. The SMILES string of the molecule is COC(=O)CCc1csc(NC(=O)NC2CCC(C(=O)O)CC2)n1. The molecule has 2 amide bonds. The summed E-state index contributed by atoms with van der Waals surface area (Å²) in [6.07, 6.45) is 3.19. The Kier molecular flexibility index (Phi) is 6.53. The molecule has 0 bridgehead atoms. The number of methoxy groups -OCH3 is 1. The van der Waals surface area contributed by atoms with Crippen molar-refractivity contribution in [2.24, 2.45) is 5.92 Å². The first-order valence-corrected chi connectivity index (χ1v) is 8.67. The van der Waals surface area contributed by atoms with Crippen molar-refractivity contribution in [1.82, 2.24) is 10.3 Å². The number of hydrogen-bond acceptors (Lipinski definition) is 6. The molecule has 0 aromatic carbocycles. The summed E-state index contributed by atoms with van der Waals surface area (Å²) in [6, 6.07) is -0.359. The highest BCUT2D eigenvalue weighted by atomic mass is 32.1. The van der Waals surface area contributed by atoms with Crippen LogP contribution >= 0.6 is 11.3 Å². The molecule has 1 aliphatic rings. The third-order valence-corrected chi connectivity index (χ3v) is 4.80. The number of urea groups is 1. The van der Waals surface area contributed by atoms with E-state index in [0.29, 0.717) is 37.2 Å². The first kappa shape index (κ1) is 18.2. The molecule has 8 nitrogen and oxygen atoms in total. The molecule has 0 spiro atoms. The monoisotopic (exact) mass is 355 g/mol. The standard InChI is InChI=1S/C15H21N3O5S/c1-23-12(19)7-6-11-8-24-15(17-11)18-14(22)16-10-4-2-9(3-5-10)13(20)21/h8-10H,2-7H2,1H3,(H,20,21)(H2,16,17,18,22). The highest BCUT2D eigenvalue weighted by Gasteiger charge is 2.26. The number of carboxylic acids is 1. The number of esters is 1. The van der Waals surface area contributed by atoms with Gasteiger partial charge in [0.1, 0.15) is 0 Å². The first-order valence-electron chi connectivity index (χ1n) is 7.79. The smallest absolute Gasteiger partial charge is 0.321 e. The summed E-state index contributed by atoms with van der Waals surface area (Å²) >= 11 is 1.29. The third-order valence-electron chi connectivity index (χ3n) is 4.00. The Morgan fingerprint density at radius 3 is 2.67 bits per heavy atom. The van der Waals surface area contributed by atoms with E-state index in [0.717, 1.165) is 5.69 Å². The van der Waals surface area contributed by atoms with Crippen molar-refractivity contribution in [3.05, 3.63) is 11.1 Å². The molecule has 0 saturated heterocycles. The zero-order valence-corrected chi connectivity index (χ0v) is 14.2. The lowest BCUT2D eigenvalue weighted by Crippen LogP contribution is -2.40. The number of nitrogens with zero attached hydrogens (tertiary/aromatic N) is 1. The van der Waals surface area contributed by atoms with Gasteiger partial charge in [0.15, 0.2) is 5.13 Å². The summed E-state index contributed by atoms with van der Waals surface area (Å²) in [7, 11) is 1.34. The van der Waals surface area contributed by atoms with E-state index in [1.165, 1.54) is 18.4 Å². The number of ether oxygens (including phenoxy) is 1. The van der Waals surface area contributed by atoms with E-state index in [1.807, 2.05) is 0 Å². The Balaban J connectivity index is 1.74. The Bertz CT molecular complexity index is 596. The van der Waals surface area contributed by atoms with Crippen LogP contribution in [0.4, 0.5) is 9.93 Å². The Hall–Kier alpha value is -2.16. The van der Waals surface area contributed by atoms with Crippen molar-refractivity contribution in [3.8, 4) is 0 Å². The number of carboxylic acid groups (broad SMARTS) is 1. The average molecular weight is 355 g/mol. The number of anilines is 1. The molecular weight excluding hydrogens is 334 g/mol. The van der Waals surface area contributed by atoms with Crippen LogP contribution in [0.15, 0.2) is 5.38 Å². The maximum absolute atomic E-state index is 12.0. The fourth-order valence-electron chi connectivity index (χ4n) is 2.61.